The largest absolute Gasteiger partial charge is 0.370 e. The summed E-state index contributed by atoms with van der Waals surface area (Å²) in [4.78, 5) is 3.87. The standard InChI is InChI=1S/C16H17NS/c1-3-7-14(8-4-1)17-12-11-16(13-17)18-15-9-5-2-6-10-15/h1-10,16H,11-13H2. The minimum atomic E-state index is 0.715. The maximum atomic E-state index is 2.49. The Labute approximate surface area is 113 Å². The van der Waals surface area contributed by atoms with E-state index in [-0.39, 0.29) is 0 Å². The third-order valence-corrected chi connectivity index (χ3v) is 4.57. The Morgan fingerprint density at radius 1 is 0.889 bits per heavy atom. The van der Waals surface area contributed by atoms with Crippen molar-refractivity contribution in [2.24, 2.45) is 0 Å². The molecule has 18 heavy (non-hydrogen) atoms. The van der Waals surface area contributed by atoms with Crippen LogP contribution in [0.3, 0.4) is 0 Å². The first-order valence-corrected chi connectivity index (χ1v) is 7.31. The number of anilines is 1. The lowest BCUT2D eigenvalue weighted by atomic mass is 10.3. The molecular weight excluding hydrogens is 238 g/mol. The number of para-hydroxylation sites is 1. The summed E-state index contributed by atoms with van der Waals surface area (Å²) >= 11 is 2.01. The van der Waals surface area contributed by atoms with Crippen LogP contribution in [0, 0.1) is 0 Å². The molecule has 1 aliphatic heterocycles. The monoisotopic (exact) mass is 255 g/mol. The minimum absolute atomic E-state index is 0.715. The average Bonchev–Trinajstić information content (AvgIpc) is 2.89. The summed E-state index contributed by atoms with van der Waals surface area (Å²) in [6.07, 6.45) is 1.27. The van der Waals surface area contributed by atoms with Crippen molar-refractivity contribution in [3.63, 3.8) is 0 Å². The van der Waals surface area contributed by atoms with Crippen LogP contribution in [0.25, 0.3) is 0 Å². The second-order valence-electron chi connectivity index (χ2n) is 4.62. The summed E-state index contributed by atoms with van der Waals surface area (Å²) in [5.41, 5.74) is 1.36. The Bertz CT molecular complexity index is 483. The van der Waals surface area contributed by atoms with Gasteiger partial charge in [0.2, 0.25) is 0 Å². The van der Waals surface area contributed by atoms with E-state index < -0.39 is 0 Å². The van der Waals surface area contributed by atoms with Crippen LogP contribution >= 0.6 is 11.8 Å². The van der Waals surface area contributed by atoms with Crippen LogP contribution in [0.5, 0.6) is 0 Å². The molecule has 1 nitrogen and oxygen atoms in total. The highest BCUT2D eigenvalue weighted by molar-refractivity contribution is 8.00. The van der Waals surface area contributed by atoms with Crippen LogP contribution in [0.15, 0.2) is 65.6 Å². The van der Waals surface area contributed by atoms with E-state index in [1.165, 1.54) is 23.5 Å². The lowest BCUT2D eigenvalue weighted by Gasteiger charge is -2.18. The fourth-order valence-electron chi connectivity index (χ4n) is 2.39. The molecule has 0 bridgehead atoms. The van der Waals surface area contributed by atoms with Crippen LogP contribution in [0.1, 0.15) is 6.42 Å². The Kier molecular flexibility index (Phi) is 3.56. The summed E-state index contributed by atoms with van der Waals surface area (Å²) in [7, 11) is 0. The number of hydrogen-bond acceptors (Lipinski definition) is 2. The van der Waals surface area contributed by atoms with Crippen molar-refractivity contribution in [3.8, 4) is 0 Å². The summed E-state index contributed by atoms with van der Waals surface area (Å²) in [5, 5.41) is 0.715. The highest BCUT2D eigenvalue weighted by atomic mass is 32.2. The van der Waals surface area contributed by atoms with Gasteiger partial charge in [0.25, 0.3) is 0 Å². The van der Waals surface area contributed by atoms with Crippen molar-refractivity contribution in [1.82, 2.24) is 0 Å². The molecule has 1 atom stereocenters. The van der Waals surface area contributed by atoms with Gasteiger partial charge in [-0.05, 0) is 30.7 Å². The maximum Gasteiger partial charge on any atom is 0.0366 e. The molecule has 1 heterocycles. The molecule has 92 valence electrons. The third-order valence-electron chi connectivity index (χ3n) is 3.31. The Morgan fingerprint density at radius 2 is 1.56 bits per heavy atom. The molecule has 1 fully saturated rings. The quantitative estimate of drug-likeness (QED) is 0.813. The predicted molar refractivity (Wildman–Crippen MR) is 79.4 cm³/mol. The average molecular weight is 255 g/mol. The van der Waals surface area contributed by atoms with Crippen molar-refractivity contribution in [2.45, 2.75) is 16.6 Å². The molecular formula is C16H17NS. The molecule has 0 aromatic heterocycles. The lowest BCUT2D eigenvalue weighted by Crippen LogP contribution is -2.19. The Morgan fingerprint density at radius 3 is 2.28 bits per heavy atom. The molecule has 0 aliphatic carbocycles. The smallest absolute Gasteiger partial charge is 0.0366 e. The summed E-state index contributed by atoms with van der Waals surface area (Å²) in [5.74, 6) is 0. The zero-order valence-corrected chi connectivity index (χ0v) is 11.1. The fraction of sp³-hybridized carbons (Fsp3) is 0.250. The normalized spacial score (nSPS) is 19.1. The van der Waals surface area contributed by atoms with Crippen molar-refractivity contribution in [3.05, 3.63) is 60.7 Å². The van der Waals surface area contributed by atoms with Crippen molar-refractivity contribution in [1.29, 1.82) is 0 Å². The molecule has 2 aromatic rings. The van der Waals surface area contributed by atoms with Crippen LogP contribution in [-0.2, 0) is 0 Å². The van der Waals surface area contributed by atoms with E-state index in [1.54, 1.807) is 0 Å². The van der Waals surface area contributed by atoms with E-state index in [2.05, 4.69) is 65.6 Å². The molecule has 2 heteroatoms. The molecule has 2 aromatic carbocycles. The van der Waals surface area contributed by atoms with E-state index in [9.17, 15) is 0 Å². The van der Waals surface area contributed by atoms with Crippen molar-refractivity contribution >= 4 is 17.4 Å². The van der Waals surface area contributed by atoms with Gasteiger partial charge in [0.05, 0.1) is 0 Å². The number of nitrogens with zero attached hydrogens (tertiary/aromatic N) is 1. The Balaban J connectivity index is 1.62. The molecule has 1 saturated heterocycles. The van der Waals surface area contributed by atoms with E-state index in [1.807, 2.05) is 11.8 Å². The van der Waals surface area contributed by atoms with Gasteiger partial charge in [-0.3, -0.25) is 0 Å². The molecule has 0 N–H and O–H groups in total. The highest BCUT2D eigenvalue weighted by Gasteiger charge is 2.23. The Hall–Kier alpha value is -1.41. The zero-order valence-electron chi connectivity index (χ0n) is 10.3. The van der Waals surface area contributed by atoms with Gasteiger partial charge in [0.15, 0.2) is 0 Å². The maximum absolute atomic E-state index is 2.49. The second-order valence-corrected chi connectivity index (χ2v) is 6.00. The topological polar surface area (TPSA) is 3.24 Å². The first-order chi connectivity index (χ1) is 8.92. The molecule has 0 radical (unpaired) electrons. The molecule has 1 unspecified atom stereocenters. The fourth-order valence-corrected chi connectivity index (χ4v) is 3.57. The zero-order chi connectivity index (χ0) is 12.2. The van der Waals surface area contributed by atoms with Gasteiger partial charge in [-0.15, -0.1) is 11.8 Å². The van der Waals surface area contributed by atoms with E-state index in [0.717, 1.165) is 6.54 Å². The van der Waals surface area contributed by atoms with Gasteiger partial charge in [-0.1, -0.05) is 36.4 Å². The number of thioether (sulfide) groups is 1. The first-order valence-electron chi connectivity index (χ1n) is 6.43. The van der Waals surface area contributed by atoms with Gasteiger partial charge in [-0.2, -0.15) is 0 Å². The molecule has 0 saturated carbocycles. The lowest BCUT2D eigenvalue weighted by molar-refractivity contribution is 0.964. The molecule has 0 spiro atoms. The van der Waals surface area contributed by atoms with Gasteiger partial charge < -0.3 is 4.90 Å². The van der Waals surface area contributed by atoms with Crippen LogP contribution < -0.4 is 4.90 Å². The number of hydrogen-bond donors (Lipinski definition) is 0. The van der Waals surface area contributed by atoms with Crippen LogP contribution in [0.4, 0.5) is 5.69 Å². The highest BCUT2D eigenvalue weighted by Crippen LogP contribution is 2.31. The SMILES string of the molecule is c1ccc(SC2CCN(c3ccccc3)C2)cc1. The second kappa shape index (κ2) is 5.49. The summed E-state index contributed by atoms with van der Waals surface area (Å²) in [6.45, 7) is 2.33. The van der Waals surface area contributed by atoms with Crippen LogP contribution in [0.2, 0.25) is 0 Å². The van der Waals surface area contributed by atoms with E-state index in [0.29, 0.717) is 5.25 Å². The summed E-state index contributed by atoms with van der Waals surface area (Å²) in [6, 6.07) is 21.4. The van der Waals surface area contributed by atoms with E-state index >= 15 is 0 Å². The van der Waals surface area contributed by atoms with Crippen molar-refractivity contribution in [2.75, 3.05) is 18.0 Å². The van der Waals surface area contributed by atoms with Gasteiger partial charge in [-0.25, -0.2) is 0 Å². The van der Waals surface area contributed by atoms with Gasteiger partial charge >= 0.3 is 0 Å². The van der Waals surface area contributed by atoms with Gasteiger partial charge in [0, 0.05) is 28.9 Å². The first kappa shape index (κ1) is 11.7. The number of benzene rings is 2. The van der Waals surface area contributed by atoms with Crippen LogP contribution in [-0.4, -0.2) is 18.3 Å². The minimum Gasteiger partial charge on any atom is -0.370 e. The molecule has 3 rings (SSSR count). The molecule has 1 aliphatic rings. The van der Waals surface area contributed by atoms with Gasteiger partial charge in [0.1, 0.15) is 0 Å². The van der Waals surface area contributed by atoms with Crippen molar-refractivity contribution < 1.29 is 0 Å². The molecule has 0 amide bonds. The third kappa shape index (κ3) is 2.70. The number of rotatable bonds is 3. The predicted octanol–water partition coefficient (Wildman–Crippen LogP) is 4.06. The summed E-state index contributed by atoms with van der Waals surface area (Å²) < 4.78 is 0. The van der Waals surface area contributed by atoms with E-state index in [4.69, 9.17) is 0 Å².